The van der Waals surface area contributed by atoms with Gasteiger partial charge in [-0.15, -0.1) is 0 Å². The fourth-order valence-corrected chi connectivity index (χ4v) is 3.25. The number of hydrogen-bond donors (Lipinski definition) is 2. The lowest BCUT2D eigenvalue weighted by molar-refractivity contribution is -0.121. The van der Waals surface area contributed by atoms with Gasteiger partial charge >= 0.3 is 0 Å². The first-order valence-electron chi connectivity index (χ1n) is 9.03. The minimum absolute atomic E-state index is 0.0674. The van der Waals surface area contributed by atoms with Crippen LogP contribution in [0.1, 0.15) is 31.5 Å². The van der Waals surface area contributed by atoms with Crippen molar-refractivity contribution in [1.82, 2.24) is 15.2 Å². The van der Waals surface area contributed by atoms with Crippen LogP contribution >= 0.6 is 0 Å². The lowest BCUT2D eigenvalue weighted by Gasteiger charge is -2.16. The van der Waals surface area contributed by atoms with Crippen LogP contribution < -0.4 is 4.90 Å². The van der Waals surface area contributed by atoms with E-state index in [1.807, 2.05) is 18.2 Å². The molecule has 0 bridgehead atoms. The van der Waals surface area contributed by atoms with Crippen LogP contribution in [0.5, 0.6) is 0 Å². The summed E-state index contributed by atoms with van der Waals surface area (Å²) in [7, 11) is 3.28. The number of anilines is 1. The normalized spacial score (nSPS) is 11.2. The lowest BCUT2D eigenvalue weighted by Crippen LogP contribution is -2.29. The van der Waals surface area contributed by atoms with E-state index in [1.54, 1.807) is 11.9 Å². The summed E-state index contributed by atoms with van der Waals surface area (Å²) in [6.45, 7) is 4.39. The average molecular weight is 354 g/mol. The van der Waals surface area contributed by atoms with Crippen molar-refractivity contribution < 1.29 is 9.53 Å². The molecule has 0 spiro atoms. The molecular weight excluding hydrogens is 328 g/mol. The number of aromatic amines is 2. The number of ether oxygens (including phenoxy) is 1. The second kappa shape index (κ2) is 7.74. The zero-order valence-corrected chi connectivity index (χ0v) is 15.8. The summed E-state index contributed by atoms with van der Waals surface area (Å²) >= 11 is 0. The van der Waals surface area contributed by atoms with Crippen LogP contribution in [0.2, 0.25) is 0 Å². The highest BCUT2D eigenvalue weighted by Gasteiger charge is 2.16. The second-order valence-electron chi connectivity index (χ2n) is 6.47. The van der Waals surface area contributed by atoms with Gasteiger partial charge in [0.15, 0.2) is 0 Å². The highest BCUT2D eigenvalue weighted by molar-refractivity contribution is 5.96. The van der Waals surface area contributed by atoms with E-state index in [4.69, 9.17) is 4.74 Å². The molecule has 26 heavy (non-hydrogen) atoms. The predicted octanol–water partition coefficient (Wildman–Crippen LogP) is 3.68. The van der Waals surface area contributed by atoms with Crippen LogP contribution in [0.3, 0.4) is 0 Å². The van der Waals surface area contributed by atoms with Gasteiger partial charge < -0.3 is 14.6 Å². The molecule has 0 aliphatic carbocycles. The molecule has 0 saturated carbocycles. The number of rotatable bonds is 7. The van der Waals surface area contributed by atoms with E-state index in [-0.39, 0.29) is 12.5 Å². The first-order chi connectivity index (χ1) is 12.6. The third kappa shape index (κ3) is 3.37. The first-order valence-corrected chi connectivity index (χ1v) is 9.03. The number of amides is 1. The number of hydrogen-bond acceptors (Lipinski definition) is 3. The Kier molecular flexibility index (Phi) is 5.42. The number of carbonyl (C=O) groups is 1. The Hall–Kier alpha value is -2.60. The molecule has 3 aromatic rings. The maximum atomic E-state index is 12.0. The largest absolute Gasteiger partial charge is 0.375 e. The van der Waals surface area contributed by atoms with E-state index in [9.17, 15) is 4.79 Å². The fraction of sp³-hybridized carbons (Fsp3) is 0.400. The number of aryl methyl sites for hydroxylation is 1. The maximum Gasteiger partial charge on any atom is 0.252 e. The van der Waals surface area contributed by atoms with Crippen LogP contribution in [0, 0.1) is 0 Å². The lowest BCUT2D eigenvalue weighted by atomic mass is 10.0. The fourth-order valence-electron chi connectivity index (χ4n) is 3.25. The molecular formula is C20H26N4O2. The Balaban J connectivity index is 1.98. The topological polar surface area (TPSA) is 74.0 Å². The summed E-state index contributed by atoms with van der Waals surface area (Å²) in [6, 6.07) is 8.07. The van der Waals surface area contributed by atoms with Crippen molar-refractivity contribution in [1.29, 1.82) is 0 Å². The number of methoxy groups -OCH3 is 1. The maximum absolute atomic E-state index is 12.0. The number of carbonyl (C=O) groups excluding carboxylic acids is 1. The standard InChI is InChI=1S/C20H26N4O2/c1-5-7-15-16(6-2)22-23-20(15)18-10-13-8-9-14(11-17(13)21-18)24(3)19(25)12-26-4/h8-11,21H,5-7,12H2,1-4H3,(H,22,23). The summed E-state index contributed by atoms with van der Waals surface area (Å²) < 4.78 is 4.93. The third-order valence-corrected chi connectivity index (χ3v) is 4.70. The molecule has 1 amide bonds. The van der Waals surface area contributed by atoms with Gasteiger partial charge in [0.25, 0.3) is 5.91 Å². The molecule has 6 heteroatoms. The minimum atomic E-state index is -0.0799. The molecule has 3 rings (SSSR count). The third-order valence-electron chi connectivity index (χ3n) is 4.70. The van der Waals surface area contributed by atoms with Gasteiger partial charge in [-0.3, -0.25) is 9.89 Å². The van der Waals surface area contributed by atoms with Gasteiger partial charge in [-0.05, 0) is 31.0 Å². The summed E-state index contributed by atoms with van der Waals surface area (Å²) in [4.78, 5) is 17.1. The Labute approximate surface area is 153 Å². The Morgan fingerprint density at radius 2 is 2.08 bits per heavy atom. The zero-order chi connectivity index (χ0) is 18.7. The van der Waals surface area contributed by atoms with Gasteiger partial charge in [-0.25, -0.2) is 0 Å². The van der Waals surface area contributed by atoms with Gasteiger partial charge in [-0.2, -0.15) is 5.10 Å². The van der Waals surface area contributed by atoms with Gasteiger partial charge in [0.1, 0.15) is 12.3 Å². The van der Waals surface area contributed by atoms with E-state index in [1.165, 1.54) is 18.4 Å². The van der Waals surface area contributed by atoms with E-state index in [0.29, 0.717) is 0 Å². The predicted molar refractivity (Wildman–Crippen MR) is 105 cm³/mol. The highest BCUT2D eigenvalue weighted by Crippen LogP contribution is 2.30. The van der Waals surface area contributed by atoms with Gasteiger partial charge in [-0.1, -0.05) is 26.3 Å². The Morgan fingerprint density at radius 1 is 1.27 bits per heavy atom. The molecule has 138 valence electrons. The molecule has 0 unspecified atom stereocenters. The Morgan fingerprint density at radius 3 is 2.77 bits per heavy atom. The van der Waals surface area contributed by atoms with Crippen molar-refractivity contribution in [2.24, 2.45) is 0 Å². The molecule has 6 nitrogen and oxygen atoms in total. The van der Waals surface area contributed by atoms with E-state index in [0.717, 1.165) is 47.2 Å². The van der Waals surface area contributed by atoms with Gasteiger partial charge in [0.2, 0.25) is 0 Å². The minimum Gasteiger partial charge on any atom is -0.375 e. The summed E-state index contributed by atoms with van der Waals surface area (Å²) in [5, 5.41) is 8.81. The Bertz CT molecular complexity index is 910. The molecule has 2 heterocycles. The molecule has 0 aliphatic rings. The van der Waals surface area contributed by atoms with Crippen LogP contribution in [-0.4, -0.2) is 41.9 Å². The highest BCUT2D eigenvalue weighted by atomic mass is 16.5. The van der Waals surface area contributed by atoms with Crippen molar-refractivity contribution in [3.05, 3.63) is 35.5 Å². The van der Waals surface area contributed by atoms with Crippen LogP contribution in [-0.2, 0) is 22.4 Å². The smallest absolute Gasteiger partial charge is 0.252 e. The monoisotopic (exact) mass is 354 g/mol. The average Bonchev–Trinajstić information content (AvgIpc) is 3.24. The van der Waals surface area contributed by atoms with Crippen molar-refractivity contribution in [2.75, 3.05) is 25.7 Å². The number of fused-ring (bicyclic) bond motifs is 1. The number of aromatic nitrogens is 3. The molecule has 0 fully saturated rings. The molecule has 2 aromatic heterocycles. The number of H-pyrrole nitrogens is 2. The summed E-state index contributed by atoms with van der Waals surface area (Å²) in [5.74, 6) is -0.0799. The van der Waals surface area contributed by atoms with Crippen molar-refractivity contribution in [2.45, 2.75) is 33.1 Å². The van der Waals surface area contributed by atoms with E-state index < -0.39 is 0 Å². The summed E-state index contributed by atoms with van der Waals surface area (Å²) in [6.07, 6.45) is 3.03. The van der Waals surface area contributed by atoms with Crippen LogP contribution in [0.15, 0.2) is 24.3 Å². The molecule has 0 atom stereocenters. The molecule has 0 radical (unpaired) electrons. The molecule has 2 N–H and O–H groups in total. The van der Waals surface area contributed by atoms with E-state index >= 15 is 0 Å². The van der Waals surface area contributed by atoms with E-state index in [2.05, 4.69) is 35.1 Å². The van der Waals surface area contributed by atoms with Crippen molar-refractivity contribution in [3.8, 4) is 11.4 Å². The number of nitrogens with zero attached hydrogens (tertiary/aromatic N) is 2. The molecule has 0 aliphatic heterocycles. The molecule has 0 saturated heterocycles. The van der Waals surface area contributed by atoms with Gasteiger partial charge in [0.05, 0.1) is 5.69 Å². The van der Waals surface area contributed by atoms with Crippen LogP contribution in [0.4, 0.5) is 5.69 Å². The second-order valence-corrected chi connectivity index (χ2v) is 6.47. The first kappa shape index (κ1) is 18.2. The van der Waals surface area contributed by atoms with Crippen LogP contribution in [0.25, 0.3) is 22.3 Å². The molecule has 1 aromatic carbocycles. The summed E-state index contributed by atoms with van der Waals surface area (Å²) in [5.41, 5.74) is 6.30. The van der Waals surface area contributed by atoms with Gasteiger partial charge in [0, 0.05) is 42.0 Å². The number of nitrogens with one attached hydrogen (secondary N) is 2. The zero-order valence-electron chi connectivity index (χ0n) is 15.8. The quantitative estimate of drug-likeness (QED) is 0.680. The number of likely N-dealkylation sites (N-methyl/N-ethyl adjacent to an activating group) is 1. The SMILES string of the molecule is CCCc1c(-c2cc3ccc(N(C)C(=O)COC)cc3[nH]2)n[nH]c1CC. The van der Waals surface area contributed by atoms with Crippen molar-refractivity contribution >= 4 is 22.5 Å². The number of benzene rings is 1. The van der Waals surface area contributed by atoms with Crippen molar-refractivity contribution in [3.63, 3.8) is 0 Å².